The lowest BCUT2D eigenvalue weighted by atomic mass is 9.93. The highest BCUT2D eigenvalue weighted by molar-refractivity contribution is 5.69. The average molecular weight is 376 g/mol. The van der Waals surface area contributed by atoms with Crippen molar-refractivity contribution in [3.05, 3.63) is 35.4 Å². The van der Waals surface area contributed by atoms with Crippen LogP contribution in [0.25, 0.3) is 0 Å². The zero-order valence-corrected chi connectivity index (χ0v) is 14.5. The Morgan fingerprint density at radius 1 is 1.07 bits per heavy atom. The molecule has 0 fully saturated rings. The number of hydrogen-bond acceptors (Lipinski definition) is 8. The lowest BCUT2D eigenvalue weighted by Crippen LogP contribution is -2.34. The summed E-state index contributed by atoms with van der Waals surface area (Å²) in [6.07, 6.45) is -0.895. The van der Waals surface area contributed by atoms with Crippen LogP contribution in [-0.4, -0.2) is 37.6 Å². The number of esters is 1. The van der Waals surface area contributed by atoms with Crippen molar-refractivity contribution in [2.24, 2.45) is 0 Å². The lowest BCUT2D eigenvalue weighted by Gasteiger charge is -2.34. The molecule has 0 bridgehead atoms. The second-order valence-corrected chi connectivity index (χ2v) is 6.37. The molecule has 1 aliphatic heterocycles. The molecule has 1 heterocycles. The van der Waals surface area contributed by atoms with Crippen LogP contribution < -0.4 is 4.74 Å². The summed E-state index contributed by atoms with van der Waals surface area (Å²) in [4.78, 5) is 12.0. The SMILES string of the molecule is CCCC(=O)O[C@@H]1Cc2c(O)cc(O)cc2O[C@@H]1c1cc(O)c(O)c(O)c1. The van der Waals surface area contributed by atoms with E-state index in [1.165, 1.54) is 18.2 Å². The number of phenolic OH excluding ortho intramolecular Hbond substituents is 5. The van der Waals surface area contributed by atoms with Crippen LogP contribution in [0, 0.1) is 0 Å². The molecule has 1 aliphatic rings. The minimum atomic E-state index is -0.933. The largest absolute Gasteiger partial charge is 0.508 e. The molecule has 3 rings (SSSR count). The van der Waals surface area contributed by atoms with Crippen LogP contribution in [0.15, 0.2) is 24.3 Å². The lowest BCUT2D eigenvalue weighted by molar-refractivity contribution is -0.155. The number of fused-ring (bicyclic) bond motifs is 1. The summed E-state index contributed by atoms with van der Waals surface area (Å²) in [5.74, 6) is -2.46. The van der Waals surface area contributed by atoms with Crippen LogP contribution >= 0.6 is 0 Å². The van der Waals surface area contributed by atoms with Crippen molar-refractivity contribution in [3.63, 3.8) is 0 Å². The number of ether oxygens (including phenoxy) is 2. The zero-order chi connectivity index (χ0) is 19.7. The van der Waals surface area contributed by atoms with Crippen LogP contribution in [0.1, 0.15) is 37.0 Å². The highest BCUT2D eigenvalue weighted by Crippen LogP contribution is 2.45. The van der Waals surface area contributed by atoms with Crippen molar-refractivity contribution < 1.29 is 39.8 Å². The molecule has 0 radical (unpaired) electrons. The number of phenols is 5. The summed E-state index contributed by atoms with van der Waals surface area (Å²) in [6, 6.07) is 4.85. The molecule has 2 atom stereocenters. The summed E-state index contributed by atoms with van der Waals surface area (Å²) in [6.45, 7) is 1.83. The summed E-state index contributed by atoms with van der Waals surface area (Å²) in [5, 5.41) is 48.9. The third-order valence-corrected chi connectivity index (χ3v) is 4.32. The van der Waals surface area contributed by atoms with Gasteiger partial charge in [-0.2, -0.15) is 0 Å². The van der Waals surface area contributed by atoms with Gasteiger partial charge in [0.2, 0.25) is 0 Å². The van der Waals surface area contributed by atoms with E-state index in [-0.39, 0.29) is 35.7 Å². The van der Waals surface area contributed by atoms with E-state index in [9.17, 15) is 30.3 Å². The number of carbonyl (C=O) groups excluding carboxylic acids is 1. The van der Waals surface area contributed by atoms with Gasteiger partial charge in [-0.3, -0.25) is 4.79 Å². The second kappa shape index (κ2) is 7.14. The molecule has 27 heavy (non-hydrogen) atoms. The summed E-state index contributed by atoms with van der Waals surface area (Å²) < 4.78 is 11.3. The van der Waals surface area contributed by atoms with E-state index >= 15 is 0 Å². The van der Waals surface area contributed by atoms with E-state index in [2.05, 4.69) is 0 Å². The van der Waals surface area contributed by atoms with Crippen LogP contribution in [-0.2, 0) is 16.0 Å². The Morgan fingerprint density at radius 3 is 2.37 bits per heavy atom. The molecule has 2 aromatic carbocycles. The van der Waals surface area contributed by atoms with Gasteiger partial charge in [0.1, 0.15) is 23.4 Å². The Labute approximate surface area is 154 Å². The molecule has 0 aromatic heterocycles. The molecule has 144 valence electrons. The molecule has 8 nitrogen and oxygen atoms in total. The average Bonchev–Trinajstić information content (AvgIpc) is 2.59. The number of carbonyl (C=O) groups is 1. The van der Waals surface area contributed by atoms with E-state index in [1.54, 1.807) is 0 Å². The number of rotatable bonds is 4. The van der Waals surface area contributed by atoms with Gasteiger partial charge < -0.3 is 35.0 Å². The first-order valence-electron chi connectivity index (χ1n) is 8.46. The normalized spacial score (nSPS) is 18.4. The van der Waals surface area contributed by atoms with Gasteiger partial charge in [-0.15, -0.1) is 0 Å². The van der Waals surface area contributed by atoms with Crippen molar-refractivity contribution in [1.82, 2.24) is 0 Å². The second-order valence-electron chi connectivity index (χ2n) is 6.37. The van der Waals surface area contributed by atoms with Gasteiger partial charge >= 0.3 is 5.97 Å². The first kappa shape index (κ1) is 18.5. The topological polar surface area (TPSA) is 137 Å². The maximum Gasteiger partial charge on any atom is 0.306 e. The Hall–Kier alpha value is -3.29. The van der Waals surface area contributed by atoms with Crippen LogP contribution in [0.4, 0.5) is 0 Å². The monoisotopic (exact) mass is 376 g/mol. The van der Waals surface area contributed by atoms with E-state index in [0.717, 1.165) is 6.07 Å². The molecule has 0 amide bonds. The molecule has 8 heteroatoms. The van der Waals surface area contributed by atoms with Gasteiger partial charge in [0, 0.05) is 36.1 Å². The van der Waals surface area contributed by atoms with Crippen molar-refractivity contribution >= 4 is 5.97 Å². The van der Waals surface area contributed by atoms with Crippen molar-refractivity contribution in [3.8, 4) is 34.5 Å². The predicted molar refractivity (Wildman–Crippen MR) is 93.1 cm³/mol. The molecular formula is C19H20O8. The van der Waals surface area contributed by atoms with Gasteiger partial charge in [0.25, 0.3) is 0 Å². The molecule has 0 spiro atoms. The maximum absolute atomic E-state index is 12.0. The number of hydrogen-bond donors (Lipinski definition) is 5. The van der Waals surface area contributed by atoms with Crippen molar-refractivity contribution in [2.45, 2.75) is 38.4 Å². The third-order valence-electron chi connectivity index (χ3n) is 4.32. The van der Waals surface area contributed by atoms with Crippen molar-refractivity contribution in [2.75, 3.05) is 0 Å². The van der Waals surface area contributed by atoms with Crippen LogP contribution in [0.2, 0.25) is 0 Å². The fourth-order valence-electron chi connectivity index (χ4n) is 3.06. The van der Waals surface area contributed by atoms with Gasteiger partial charge in [-0.25, -0.2) is 0 Å². The zero-order valence-electron chi connectivity index (χ0n) is 14.5. The Morgan fingerprint density at radius 2 is 1.74 bits per heavy atom. The fourth-order valence-corrected chi connectivity index (χ4v) is 3.06. The van der Waals surface area contributed by atoms with Gasteiger partial charge in [0.15, 0.2) is 23.4 Å². The van der Waals surface area contributed by atoms with Gasteiger partial charge in [0.05, 0.1) is 0 Å². The minimum absolute atomic E-state index is 0.101. The smallest absolute Gasteiger partial charge is 0.306 e. The Bertz CT molecular complexity index is 853. The summed E-state index contributed by atoms with van der Waals surface area (Å²) >= 11 is 0. The Kier molecular flexibility index (Phi) is 4.89. The van der Waals surface area contributed by atoms with E-state index in [4.69, 9.17) is 9.47 Å². The standard InChI is InChI=1S/C19H20O8/c1-2-3-17(24)26-16-8-11-12(21)6-10(20)7-15(11)27-19(16)9-4-13(22)18(25)14(23)5-9/h4-7,16,19-23,25H,2-3,8H2,1H3/t16-,19-/m1/s1. The predicted octanol–water partition coefficient (Wildman–Crippen LogP) is 2.60. The van der Waals surface area contributed by atoms with Gasteiger partial charge in [-0.1, -0.05) is 6.92 Å². The minimum Gasteiger partial charge on any atom is -0.508 e. The molecular weight excluding hydrogens is 356 g/mol. The molecule has 2 aromatic rings. The number of aromatic hydroxyl groups is 5. The van der Waals surface area contributed by atoms with E-state index < -0.39 is 35.4 Å². The van der Waals surface area contributed by atoms with E-state index in [0.29, 0.717) is 12.0 Å². The first-order chi connectivity index (χ1) is 12.8. The molecule has 0 saturated carbocycles. The fraction of sp³-hybridized carbons (Fsp3) is 0.316. The maximum atomic E-state index is 12.0. The van der Waals surface area contributed by atoms with Crippen molar-refractivity contribution in [1.29, 1.82) is 0 Å². The highest BCUT2D eigenvalue weighted by Gasteiger charge is 2.36. The van der Waals surface area contributed by atoms with Crippen LogP contribution in [0.5, 0.6) is 34.5 Å². The number of benzene rings is 2. The van der Waals surface area contributed by atoms with E-state index in [1.807, 2.05) is 6.92 Å². The highest BCUT2D eigenvalue weighted by atomic mass is 16.6. The van der Waals surface area contributed by atoms with Gasteiger partial charge in [-0.05, 0) is 18.6 Å². The van der Waals surface area contributed by atoms with Crippen LogP contribution in [0.3, 0.4) is 0 Å². The summed E-state index contributed by atoms with van der Waals surface area (Å²) in [7, 11) is 0. The molecule has 0 saturated heterocycles. The third kappa shape index (κ3) is 3.64. The molecule has 0 unspecified atom stereocenters. The summed E-state index contributed by atoms with van der Waals surface area (Å²) in [5.41, 5.74) is 0.621. The molecule has 5 N–H and O–H groups in total. The Balaban J connectivity index is 2.03. The molecule has 0 aliphatic carbocycles. The first-order valence-corrected chi connectivity index (χ1v) is 8.46. The quantitative estimate of drug-likeness (QED) is 0.406.